The molecular weight excluding hydrogens is 303 g/mol. The fraction of sp³-hybridized carbons (Fsp3) is 0.684. The van der Waals surface area contributed by atoms with Gasteiger partial charge in [0, 0.05) is 5.41 Å². The van der Waals surface area contributed by atoms with E-state index in [1.54, 1.807) is 21.3 Å². The average Bonchev–Trinajstić information content (AvgIpc) is 2.85. The fourth-order valence-corrected chi connectivity index (χ4v) is 5.03. The third-order valence-electron chi connectivity index (χ3n) is 7.03. The van der Waals surface area contributed by atoms with Gasteiger partial charge in [-0.05, 0) is 48.3 Å². The summed E-state index contributed by atoms with van der Waals surface area (Å²) in [7, 11) is 4.81. The number of hydrogen-bond donors (Lipinski definition) is 1. The van der Waals surface area contributed by atoms with Gasteiger partial charge in [0.05, 0.1) is 35.3 Å². The van der Waals surface area contributed by atoms with Crippen LogP contribution >= 0.6 is 0 Å². The molecule has 2 saturated carbocycles. The van der Waals surface area contributed by atoms with Gasteiger partial charge in [-0.25, -0.2) is 0 Å². The highest BCUT2D eigenvalue weighted by atomic mass is 16.5. The normalized spacial score (nSPS) is 33.0. The molecule has 1 aromatic rings. The zero-order chi connectivity index (χ0) is 17.0. The molecule has 5 heteroatoms. The van der Waals surface area contributed by atoms with Crippen LogP contribution in [0.4, 0.5) is 0 Å². The highest BCUT2D eigenvalue weighted by Gasteiger charge is 2.68. The monoisotopic (exact) mass is 334 g/mol. The largest absolute Gasteiger partial charge is 0.493 e. The summed E-state index contributed by atoms with van der Waals surface area (Å²) < 4.78 is 16.4. The first-order chi connectivity index (χ1) is 10.7. The van der Waals surface area contributed by atoms with E-state index in [1.165, 1.54) is 6.42 Å². The molecule has 0 radical (unpaired) electrons. The minimum Gasteiger partial charge on any atom is -0.493 e. The van der Waals surface area contributed by atoms with E-state index >= 15 is 0 Å². The van der Waals surface area contributed by atoms with E-state index in [0.717, 1.165) is 18.4 Å². The number of fused-ring (bicyclic) bond motifs is 2. The first-order valence-electron chi connectivity index (χ1n) is 8.28. The number of ether oxygens (including phenoxy) is 3. The van der Waals surface area contributed by atoms with Crippen LogP contribution in [0, 0.1) is 16.7 Å². The van der Waals surface area contributed by atoms with Crippen molar-refractivity contribution in [1.82, 2.24) is 0 Å². The molecule has 3 rings (SSSR count). The van der Waals surface area contributed by atoms with Crippen molar-refractivity contribution < 1.29 is 19.3 Å². The van der Waals surface area contributed by atoms with Crippen LogP contribution in [-0.2, 0) is 5.60 Å². The highest BCUT2D eigenvalue weighted by molar-refractivity contribution is 5.75. The quantitative estimate of drug-likeness (QED) is 0.860. The standard InChI is InChI=1S/C19H28O4.BH3/c1-17(2)12-7-8-18(17,3)19(20,11-12)13-9-14(21-4)16(23-6)15(10-13)22-5;/h9-10,12,20H,7-8,11H2,1-6H3;1H3. The minimum atomic E-state index is -0.869. The van der Waals surface area contributed by atoms with Crippen molar-refractivity contribution in [1.29, 1.82) is 0 Å². The van der Waals surface area contributed by atoms with E-state index in [0.29, 0.717) is 23.2 Å². The molecule has 2 bridgehead atoms. The Kier molecular flexibility index (Phi) is 4.64. The number of benzene rings is 1. The summed E-state index contributed by atoms with van der Waals surface area (Å²) in [6.07, 6.45) is 3.02. The molecule has 3 atom stereocenters. The fourth-order valence-electron chi connectivity index (χ4n) is 5.03. The molecule has 3 unspecified atom stereocenters. The number of methoxy groups -OCH3 is 3. The smallest absolute Gasteiger partial charge is 0.203 e. The van der Waals surface area contributed by atoms with Crippen LogP contribution in [0.25, 0.3) is 0 Å². The molecule has 0 amide bonds. The summed E-state index contributed by atoms with van der Waals surface area (Å²) in [6, 6.07) is 3.81. The van der Waals surface area contributed by atoms with Gasteiger partial charge in [0.2, 0.25) is 5.75 Å². The molecule has 0 saturated heterocycles. The van der Waals surface area contributed by atoms with E-state index in [1.807, 2.05) is 12.1 Å². The minimum absolute atomic E-state index is 0. The Hall–Kier alpha value is -1.36. The molecule has 0 spiro atoms. The van der Waals surface area contributed by atoms with Gasteiger partial charge in [0.25, 0.3) is 0 Å². The van der Waals surface area contributed by atoms with Crippen molar-refractivity contribution >= 4 is 8.41 Å². The third-order valence-corrected chi connectivity index (χ3v) is 7.03. The Balaban J connectivity index is 0.00000208. The Bertz CT molecular complexity index is 605. The van der Waals surface area contributed by atoms with Gasteiger partial charge < -0.3 is 19.3 Å². The van der Waals surface area contributed by atoms with Crippen LogP contribution in [-0.4, -0.2) is 34.8 Å². The molecule has 2 aliphatic carbocycles. The van der Waals surface area contributed by atoms with E-state index in [-0.39, 0.29) is 19.2 Å². The van der Waals surface area contributed by atoms with Gasteiger partial charge in [-0.3, -0.25) is 0 Å². The number of hydrogen-bond acceptors (Lipinski definition) is 4. The predicted molar refractivity (Wildman–Crippen MR) is 99.2 cm³/mol. The predicted octanol–water partition coefficient (Wildman–Crippen LogP) is 2.56. The summed E-state index contributed by atoms with van der Waals surface area (Å²) in [5.74, 6) is 2.30. The number of aliphatic hydroxyl groups is 1. The van der Waals surface area contributed by atoms with Gasteiger partial charge in [-0.2, -0.15) is 0 Å². The van der Waals surface area contributed by atoms with Crippen LogP contribution in [0.5, 0.6) is 17.2 Å². The van der Waals surface area contributed by atoms with E-state index in [2.05, 4.69) is 20.8 Å². The maximum Gasteiger partial charge on any atom is 0.203 e. The summed E-state index contributed by atoms with van der Waals surface area (Å²) in [6.45, 7) is 6.81. The molecule has 0 aliphatic heterocycles. The molecule has 1 N–H and O–H groups in total. The van der Waals surface area contributed by atoms with Crippen molar-refractivity contribution in [2.75, 3.05) is 21.3 Å². The van der Waals surface area contributed by atoms with E-state index in [4.69, 9.17) is 14.2 Å². The molecule has 24 heavy (non-hydrogen) atoms. The Morgan fingerprint density at radius 2 is 1.54 bits per heavy atom. The second-order valence-corrected chi connectivity index (χ2v) is 7.77. The van der Waals surface area contributed by atoms with Crippen LogP contribution < -0.4 is 14.2 Å². The van der Waals surface area contributed by atoms with Crippen molar-refractivity contribution in [2.24, 2.45) is 16.7 Å². The SMILES string of the molecule is B.COc1cc(C2(O)CC3CCC2(C)C3(C)C)cc(OC)c1OC. The topological polar surface area (TPSA) is 47.9 Å². The van der Waals surface area contributed by atoms with Crippen molar-refractivity contribution in [3.8, 4) is 17.2 Å². The van der Waals surface area contributed by atoms with E-state index in [9.17, 15) is 5.11 Å². The molecule has 2 fully saturated rings. The molecule has 1 aromatic carbocycles. The zero-order valence-electron chi connectivity index (χ0n) is 15.0. The Labute approximate surface area is 147 Å². The molecular formula is C19H31BO4. The Morgan fingerprint density at radius 3 is 1.88 bits per heavy atom. The molecule has 134 valence electrons. The van der Waals surface area contributed by atoms with Crippen LogP contribution in [0.15, 0.2) is 12.1 Å². The van der Waals surface area contributed by atoms with Gasteiger partial charge in [0.15, 0.2) is 11.5 Å². The first kappa shape index (κ1) is 19.0. The maximum atomic E-state index is 11.7. The Morgan fingerprint density at radius 1 is 1.00 bits per heavy atom. The molecule has 4 nitrogen and oxygen atoms in total. The number of rotatable bonds is 4. The lowest BCUT2D eigenvalue weighted by Gasteiger charge is -2.45. The summed E-state index contributed by atoms with van der Waals surface area (Å²) >= 11 is 0. The van der Waals surface area contributed by atoms with Crippen molar-refractivity contribution in [3.05, 3.63) is 17.7 Å². The van der Waals surface area contributed by atoms with Crippen LogP contribution in [0.1, 0.15) is 45.6 Å². The van der Waals surface area contributed by atoms with Crippen LogP contribution in [0.3, 0.4) is 0 Å². The van der Waals surface area contributed by atoms with Gasteiger partial charge in [-0.15, -0.1) is 0 Å². The molecule has 0 aromatic heterocycles. The summed E-state index contributed by atoms with van der Waals surface area (Å²) in [4.78, 5) is 0. The maximum absolute atomic E-state index is 11.7. The van der Waals surface area contributed by atoms with E-state index < -0.39 is 5.60 Å². The lowest BCUT2D eigenvalue weighted by Crippen LogP contribution is -2.44. The van der Waals surface area contributed by atoms with Gasteiger partial charge in [-0.1, -0.05) is 20.8 Å². The summed E-state index contributed by atoms with van der Waals surface area (Å²) in [5.41, 5.74) is -0.0475. The molecule has 0 heterocycles. The molecule has 2 aliphatic rings. The van der Waals surface area contributed by atoms with Crippen LogP contribution in [0.2, 0.25) is 0 Å². The average molecular weight is 334 g/mol. The highest BCUT2D eigenvalue weighted by Crippen LogP contribution is 2.72. The summed E-state index contributed by atoms with van der Waals surface area (Å²) in [5, 5.41) is 11.7. The first-order valence-corrected chi connectivity index (χ1v) is 8.28. The van der Waals surface area contributed by atoms with Crippen molar-refractivity contribution in [2.45, 2.75) is 45.6 Å². The zero-order valence-corrected chi connectivity index (χ0v) is 15.0. The second kappa shape index (κ2) is 5.87. The lowest BCUT2D eigenvalue weighted by molar-refractivity contribution is -0.0959. The lowest BCUT2D eigenvalue weighted by atomic mass is 9.62. The second-order valence-electron chi connectivity index (χ2n) is 7.77. The van der Waals surface area contributed by atoms with Gasteiger partial charge >= 0.3 is 0 Å². The third kappa shape index (κ3) is 2.10. The van der Waals surface area contributed by atoms with Gasteiger partial charge in [0.1, 0.15) is 0 Å². The van der Waals surface area contributed by atoms with Crippen molar-refractivity contribution in [3.63, 3.8) is 0 Å².